The number of likely N-dealkylation sites (tertiary alicyclic amines) is 1. The highest BCUT2D eigenvalue weighted by Crippen LogP contribution is 2.39. The number of hydrogen-bond donors (Lipinski definition) is 1. The minimum atomic E-state index is -0.107. The predicted molar refractivity (Wildman–Crippen MR) is 91.1 cm³/mol. The molecule has 2 heterocycles. The van der Waals surface area contributed by atoms with Crippen LogP contribution in [0, 0.1) is 5.92 Å². The largest absolute Gasteiger partial charge is 0.354 e. The van der Waals surface area contributed by atoms with Crippen LogP contribution in [0.2, 0.25) is 0 Å². The summed E-state index contributed by atoms with van der Waals surface area (Å²) in [4.78, 5) is 26.5. The maximum absolute atomic E-state index is 12.8. The number of fused-ring (bicyclic) bond motifs is 1. The lowest BCUT2D eigenvalue weighted by Crippen LogP contribution is -2.50. The van der Waals surface area contributed by atoms with Crippen LogP contribution in [0.15, 0.2) is 60.7 Å². The number of nitrogens with one attached hydrogen (secondary N) is 1. The summed E-state index contributed by atoms with van der Waals surface area (Å²) in [5.41, 5.74) is 2.21. The highest BCUT2D eigenvalue weighted by atomic mass is 16.2. The first-order valence-corrected chi connectivity index (χ1v) is 8.42. The van der Waals surface area contributed by atoms with Crippen molar-refractivity contribution in [3.63, 3.8) is 0 Å². The fraction of sp³-hybridized carbons (Fsp3) is 0.300. The normalized spacial score (nSPS) is 23.3. The average Bonchev–Trinajstić information content (AvgIpc) is 2.92. The summed E-state index contributed by atoms with van der Waals surface area (Å²) in [7, 11) is 0. The van der Waals surface area contributed by atoms with Gasteiger partial charge in [-0.3, -0.25) is 9.59 Å². The smallest absolute Gasteiger partial charge is 0.224 e. The van der Waals surface area contributed by atoms with Gasteiger partial charge in [-0.2, -0.15) is 0 Å². The molecule has 2 saturated heterocycles. The quantitative estimate of drug-likeness (QED) is 0.945. The minimum Gasteiger partial charge on any atom is -0.354 e. The number of benzene rings is 2. The van der Waals surface area contributed by atoms with E-state index in [-0.39, 0.29) is 29.8 Å². The Morgan fingerprint density at radius 1 is 0.875 bits per heavy atom. The Kier molecular flexibility index (Phi) is 3.81. The van der Waals surface area contributed by atoms with Gasteiger partial charge in [0.2, 0.25) is 11.8 Å². The zero-order valence-electron chi connectivity index (χ0n) is 13.4. The number of hydrogen-bond acceptors (Lipinski definition) is 2. The van der Waals surface area contributed by atoms with Crippen LogP contribution in [-0.4, -0.2) is 29.3 Å². The van der Waals surface area contributed by atoms with Crippen molar-refractivity contribution < 1.29 is 9.59 Å². The third-order valence-corrected chi connectivity index (χ3v) is 5.09. The van der Waals surface area contributed by atoms with Crippen LogP contribution in [0.3, 0.4) is 0 Å². The number of carbonyl (C=O) groups excluding carboxylic acids is 2. The van der Waals surface area contributed by atoms with Crippen LogP contribution < -0.4 is 5.32 Å². The van der Waals surface area contributed by atoms with Gasteiger partial charge < -0.3 is 10.2 Å². The molecular weight excluding hydrogens is 300 g/mol. The van der Waals surface area contributed by atoms with E-state index in [1.54, 1.807) is 0 Å². The van der Waals surface area contributed by atoms with Gasteiger partial charge in [0.05, 0.1) is 12.1 Å². The lowest BCUT2D eigenvalue weighted by molar-refractivity contribution is -0.131. The highest BCUT2D eigenvalue weighted by molar-refractivity contribution is 5.84. The van der Waals surface area contributed by atoms with Crippen LogP contribution in [-0.2, 0) is 9.59 Å². The fourth-order valence-corrected chi connectivity index (χ4v) is 4.00. The Hall–Kier alpha value is -2.62. The first kappa shape index (κ1) is 14.9. The van der Waals surface area contributed by atoms with Gasteiger partial charge in [-0.05, 0) is 17.0 Å². The number of rotatable bonds is 3. The molecule has 2 amide bonds. The summed E-state index contributed by atoms with van der Waals surface area (Å²) in [5.74, 6) is 0.322. The van der Waals surface area contributed by atoms with E-state index in [1.165, 1.54) is 0 Å². The molecular formula is C20H20N2O2. The molecule has 1 N–H and O–H groups in total. The van der Waals surface area contributed by atoms with Gasteiger partial charge in [-0.25, -0.2) is 0 Å². The van der Waals surface area contributed by atoms with Crippen LogP contribution in [0.5, 0.6) is 0 Å². The van der Waals surface area contributed by atoms with Crippen molar-refractivity contribution in [1.82, 2.24) is 10.2 Å². The van der Waals surface area contributed by atoms with Crippen LogP contribution in [0.4, 0.5) is 0 Å². The van der Waals surface area contributed by atoms with Crippen molar-refractivity contribution in [1.29, 1.82) is 0 Å². The van der Waals surface area contributed by atoms with E-state index in [4.69, 9.17) is 0 Å². The zero-order valence-corrected chi connectivity index (χ0v) is 13.4. The van der Waals surface area contributed by atoms with Gasteiger partial charge >= 0.3 is 0 Å². The SMILES string of the molecule is O=C1C[C@@H]2CC(=O)N(C(c3ccccc3)c3ccccc3)[C@H]2CN1. The molecule has 0 unspecified atom stereocenters. The maximum Gasteiger partial charge on any atom is 0.224 e. The standard InChI is InChI=1S/C20H20N2O2/c23-18-11-16-12-19(24)22(17(16)13-21-18)20(14-7-3-1-4-8-14)15-9-5-2-6-10-15/h1-10,16-17,20H,11-13H2,(H,21,23)/t16-,17+/m1/s1. The second-order valence-electron chi connectivity index (χ2n) is 6.56. The second kappa shape index (κ2) is 6.11. The molecule has 4 rings (SSSR count). The molecule has 0 aromatic heterocycles. The minimum absolute atomic E-state index is 0.0573. The third kappa shape index (κ3) is 2.58. The molecule has 2 fully saturated rings. The van der Waals surface area contributed by atoms with Crippen molar-refractivity contribution in [2.24, 2.45) is 5.92 Å². The summed E-state index contributed by atoms with van der Waals surface area (Å²) < 4.78 is 0. The van der Waals surface area contributed by atoms with Gasteiger partial charge in [0.25, 0.3) is 0 Å². The molecule has 2 atom stereocenters. The molecule has 2 aromatic rings. The van der Waals surface area contributed by atoms with Gasteiger partial charge in [-0.1, -0.05) is 60.7 Å². The highest BCUT2D eigenvalue weighted by Gasteiger charge is 2.46. The lowest BCUT2D eigenvalue weighted by Gasteiger charge is -2.37. The molecule has 2 aliphatic heterocycles. The Labute approximate surface area is 141 Å². The van der Waals surface area contributed by atoms with Crippen molar-refractivity contribution in [3.05, 3.63) is 71.8 Å². The Bertz CT molecular complexity index is 705. The van der Waals surface area contributed by atoms with E-state index < -0.39 is 0 Å². The van der Waals surface area contributed by atoms with E-state index in [0.29, 0.717) is 19.4 Å². The van der Waals surface area contributed by atoms with Crippen molar-refractivity contribution in [3.8, 4) is 0 Å². The molecule has 4 nitrogen and oxygen atoms in total. The van der Waals surface area contributed by atoms with Gasteiger partial charge in [0.15, 0.2) is 0 Å². The van der Waals surface area contributed by atoms with Gasteiger partial charge in [-0.15, -0.1) is 0 Å². The number of piperidine rings is 1. The summed E-state index contributed by atoms with van der Waals surface area (Å²) >= 11 is 0. The van der Waals surface area contributed by atoms with E-state index in [2.05, 4.69) is 29.6 Å². The first-order chi connectivity index (χ1) is 11.7. The monoisotopic (exact) mass is 320 g/mol. The second-order valence-corrected chi connectivity index (χ2v) is 6.56. The van der Waals surface area contributed by atoms with E-state index >= 15 is 0 Å². The molecule has 0 saturated carbocycles. The van der Waals surface area contributed by atoms with Crippen LogP contribution in [0.25, 0.3) is 0 Å². The summed E-state index contributed by atoms with van der Waals surface area (Å²) in [6, 6.07) is 20.2. The first-order valence-electron chi connectivity index (χ1n) is 8.42. The maximum atomic E-state index is 12.8. The van der Waals surface area contributed by atoms with Crippen molar-refractivity contribution >= 4 is 11.8 Å². The Morgan fingerprint density at radius 2 is 1.46 bits per heavy atom. The summed E-state index contributed by atoms with van der Waals surface area (Å²) in [6.45, 7) is 0.547. The summed E-state index contributed by atoms with van der Waals surface area (Å²) in [5, 5.41) is 2.93. The third-order valence-electron chi connectivity index (χ3n) is 5.09. The molecule has 4 heteroatoms. The van der Waals surface area contributed by atoms with Crippen LogP contribution >= 0.6 is 0 Å². The number of carbonyl (C=O) groups is 2. The lowest BCUT2D eigenvalue weighted by atomic mass is 9.91. The molecule has 0 radical (unpaired) electrons. The molecule has 122 valence electrons. The van der Waals surface area contributed by atoms with Crippen LogP contribution in [0.1, 0.15) is 30.0 Å². The van der Waals surface area contributed by atoms with Gasteiger partial charge in [0.1, 0.15) is 0 Å². The number of nitrogens with zero attached hydrogens (tertiary/aromatic N) is 1. The average molecular weight is 320 g/mol. The van der Waals surface area contributed by atoms with E-state index in [1.807, 2.05) is 41.3 Å². The molecule has 0 aliphatic carbocycles. The predicted octanol–water partition coefficient (Wildman–Crippen LogP) is 2.51. The number of amides is 2. The topological polar surface area (TPSA) is 49.4 Å². The fourth-order valence-electron chi connectivity index (χ4n) is 4.00. The molecule has 2 aliphatic rings. The molecule has 24 heavy (non-hydrogen) atoms. The van der Waals surface area contributed by atoms with Crippen molar-refractivity contribution in [2.45, 2.75) is 24.9 Å². The van der Waals surface area contributed by atoms with Crippen molar-refractivity contribution in [2.75, 3.05) is 6.54 Å². The molecule has 2 aromatic carbocycles. The summed E-state index contributed by atoms with van der Waals surface area (Å²) in [6.07, 6.45) is 0.914. The zero-order chi connectivity index (χ0) is 16.5. The molecule has 0 spiro atoms. The Morgan fingerprint density at radius 3 is 2.04 bits per heavy atom. The van der Waals surface area contributed by atoms with Gasteiger partial charge in [0, 0.05) is 19.4 Å². The molecule has 0 bridgehead atoms. The Balaban J connectivity index is 1.76. The van der Waals surface area contributed by atoms with E-state index in [9.17, 15) is 9.59 Å². The van der Waals surface area contributed by atoms with E-state index in [0.717, 1.165) is 11.1 Å².